The summed E-state index contributed by atoms with van der Waals surface area (Å²) in [5.74, 6) is -0.616. The highest BCUT2D eigenvalue weighted by atomic mass is 32.1. The second-order valence-corrected chi connectivity index (χ2v) is 2.43. The quantitative estimate of drug-likeness (QED) is 0.451. The van der Waals surface area contributed by atoms with Crippen molar-refractivity contribution in [1.82, 2.24) is 0 Å². The standard InChI is InChI=1S/C5H5FN2S/c6-3-1-2-9-4(3)5(7)8/h1-2H,(H3,7,8). The van der Waals surface area contributed by atoms with Gasteiger partial charge in [0, 0.05) is 0 Å². The van der Waals surface area contributed by atoms with Crippen LogP contribution in [0.25, 0.3) is 0 Å². The summed E-state index contributed by atoms with van der Waals surface area (Å²) in [7, 11) is 0. The van der Waals surface area contributed by atoms with Crippen LogP contribution in [0, 0.1) is 11.2 Å². The maximum absolute atomic E-state index is 12.4. The van der Waals surface area contributed by atoms with Crippen LogP contribution in [-0.2, 0) is 0 Å². The van der Waals surface area contributed by atoms with E-state index in [0.29, 0.717) is 0 Å². The number of halogens is 1. The van der Waals surface area contributed by atoms with Crippen LogP contribution in [0.3, 0.4) is 0 Å². The minimum absolute atomic E-state index is 0.206. The van der Waals surface area contributed by atoms with Gasteiger partial charge in [0.1, 0.15) is 16.5 Å². The van der Waals surface area contributed by atoms with Gasteiger partial charge in [-0.1, -0.05) is 0 Å². The van der Waals surface area contributed by atoms with Gasteiger partial charge >= 0.3 is 0 Å². The van der Waals surface area contributed by atoms with Gasteiger partial charge in [-0.05, 0) is 11.4 Å². The molecule has 2 nitrogen and oxygen atoms in total. The average molecular weight is 144 g/mol. The number of nitrogens with one attached hydrogen (secondary N) is 1. The van der Waals surface area contributed by atoms with E-state index in [1.807, 2.05) is 0 Å². The number of hydrogen-bond donors (Lipinski definition) is 2. The maximum atomic E-state index is 12.4. The summed E-state index contributed by atoms with van der Waals surface area (Å²) < 4.78 is 12.4. The summed E-state index contributed by atoms with van der Waals surface area (Å²) in [4.78, 5) is 0.218. The number of nitrogen functional groups attached to an aromatic ring is 1. The van der Waals surface area contributed by atoms with Crippen LogP contribution < -0.4 is 5.73 Å². The SMILES string of the molecule is N=C(N)c1sccc1F. The smallest absolute Gasteiger partial charge is 0.144 e. The molecule has 3 N–H and O–H groups in total. The number of rotatable bonds is 1. The van der Waals surface area contributed by atoms with E-state index < -0.39 is 5.82 Å². The lowest BCUT2D eigenvalue weighted by Gasteiger charge is -1.88. The Labute approximate surface area is 55.6 Å². The summed E-state index contributed by atoms with van der Waals surface area (Å²) >= 11 is 1.13. The Balaban J connectivity index is 3.08. The normalized spacial score (nSPS) is 9.44. The summed E-state index contributed by atoms with van der Waals surface area (Å²) in [5.41, 5.74) is 5.01. The summed E-state index contributed by atoms with van der Waals surface area (Å²) in [6.07, 6.45) is 0. The van der Waals surface area contributed by atoms with Crippen molar-refractivity contribution in [3.8, 4) is 0 Å². The van der Waals surface area contributed by atoms with Crippen LogP contribution in [-0.4, -0.2) is 5.84 Å². The Hall–Kier alpha value is -0.900. The molecular weight excluding hydrogens is 139 g/mol. The highest BCUT2D eigenvalue weighted by Crippen LogP contribution is 2.12. The highest BCUT2D eigenvalue weighted by Gasteiger charge is 2.03. The molecule has 1 rings (SSSR count). The van der Waals surface area contributed by atoms with E-state index in [4.69, 9.17) is 11.1 Å². The fraction of sp³-hybridized carbons (Fsp3) is 0. The van der Waals surface area contributed by atoms with E-state index in [0.717, 1.165) is 11.3 Å². The van der Waals surface area contributed by atoms with Crippen molar-refractivity contribution in [2.75, 3.05) is 0 Å². The first-order chi connectivity index (χ1) is 4.22. The number of hydrogen-bond acceptors (Lipinski definition) is 2. The van der Waals surface area contributed by atoms with Crippen molar-refractivity contribution < 1.29 is 4.39 Å². The largest absolute Gasteiger partial charge is 0.383 e. The number of nitrogens with two attached hydrogens (primary N) is 1. The molecule has 48 valence electrons. The minimum atomic E-state index is -0.410. The van der Waals surface area contributed by atoms with Gasteiger partial charge in [0.15, 0.2) is 0 Å². The van der Waals surface area contributed by atoms with Gasteiger partial charge < -0.3 is 5.73 Å². The first-order valence-corrected chi connectivity index (χ1v) is 3.17. The zero-order chi connectivity index (χ0) is 6.85. The molecule has 0 aliphatic rings. The fourth-order valence-electron chi connectivity index (χ4n) is 0.486. The van der Waals surface area contributed by atoms with Crippen molar-refractivity contribution in [1.29, 1.82) is 5.41 Å². The molecule has 0 spiro atoms. The molecule has 1 aromatic heterocycles. The van der Waals surface area contributed by atoms with Crippen molar-refractivity contribution >= 4 is 17.2 Å². The molecule has 0 saturated carbocycles. The Bertz CT molecular complexity index is 231. The molecule has 1 heterocycles. The van der Waals surface area contributed by atoms with Crippen LogP contribution in [0.1, 0.15) is 4.88 Å². The Kier molecular flexibility index (Phi) is 1.48. The molecule has 0 atom stereocenters. The topological polar surface area (TPSA) is 49.9 Å². The first-order valence-electron chi connectivity index (χ1n) is 2.29. The van der Waals surface area contributed by atoms with Gasteiger partial charge in [-0.15, -0.1) is 11.3 Å². The monoisotopic (exact) mass is 144 g/mol. The van der Waals surface area contributed by atoms with Gasteiger partial charge in [-0.2, -0.15) is 0 Å². The lowest BCUT2D eigenvalue weighted by Crippen LogP contribution is -2.10. The van der Waals surface area contributed by atoms with Crippen LogP contribution in [0.5, 0.6) is 0 Å². The van der Waals surface area contributed by atoms with E-state index >= 15 is 0 Å². The summed E-state index contributed by atoms with van der Waals surface area (Å²) in [6, 6.07) is 1.29. The third-order valence-corrected chi connectivity index (χ3v) is 1.78. The molecule has 0 unspecified atom stereocenters. The van der Waals surface area contributed by atoms with E-state index in [1.165, 1.54) is 6.07 Å². The molecule has 0 aliphatic carbocycles. The van der Waals surface area contributed by atoms with Crippen molar-refractivity contribution in [2.45, 2.75) is 0 Å². The van der Waals surface area contributed by atoms with Crippen molar-refractivity contribution in [3.63, 3.8) is 0 Å². The van der Waals surface area contributed by atoms with Gasteiger partial charge in [-0.3, -0.25) is 5.41 Å². The van der Waals surface area contributed by atoms with E-state index in [-0.39, 0.29) is 10.7 Å². The third kappa shape index (κ3) is 1.08. The second-order valence-electron chi connectivity index (χ2n) is 1.51. The van der Waals surface area contributed by atoms with E-state index in [9.17, 15) is 4.39 Å². The molecule has 9 heavy (non-hydrogen) atoms. The lowest BCUT2D eigenvalue weighted by atomic mass is 10.4. The van der Waals surface area contributed by atoms with Crippen molar-refractivity contribution in [2.24, 2.45) is 5.73 Å². The zero-order valence-corrected chi connectivity index (χ0v) is 5.33. The Morgan fingerprint density at radius 1 is 1.78 bits per heavy atom. The predicted molar refractivity (Wildman–Crippen MR) is 35.3 cm³/mol. The molecular formula is C5H5FN2S. The van der Waals surface area contributed by atoms with Crippen LogP contribution >= 0.6 is 11.3 Å². The average Bonchev–Trinajstić information content (AvgIpc) is 2.13. The van der Waals surface area contributed by atoms with Crippen molar-refractivity contribution in [3.05, 3.63) is 22.1 Å². The fourth-order valence-corrected chi connectivity index (χ4v) is 1.12. The van der Waals surface area contributed by atoms with Gasteiger partial charge in [0.2, 0.25) is 0 Å². The van der Waals surface area contributed by atoms with Crippen LogP contribution in [0.4, 0.5) is 4.39 Å². The molecule has 1 aromatic rings. The minimum Gasteiger partial charge on any atom is -0.383 e. The third-order valence-electron chi connectivity index (χ3n) is 0.862. The molecule has 0 saturated heterocycles. The summed E-state index contributed by atoms with van der Waals surface area (Å²) in [5, 5.41) is 8.40. The molecule has 0 aliphatic heterocycles. The van der Waals surface area contributed by atoms with Crippen LogP contribution in [0.15, 0.2) is 11.4 Å². The number of amidine groups is 1. The maximum Gasteiger partial charge on any atom is 0.144 e. The van der Waals surface area contributed by atoms with Gasteiger partial charge in [0.05, 0.1) is 0 Å². The molecule has 0 amide bonds. The summed E-state index contributed by atoms with van der Waals surface area (Å²) in [6.45, 7) is 0. The first kappa shape index (κ1) is 6.22. The van der Waals surface area contributed by atoms with Crippen LogP contribution in [0.2, 0.25) is 0 Å². The van der Waals surface area contributed by atoms with Gasteiger partial charge in [-0.25, -0.2) is 4.39 Å². The lowest BCUT2D eigenvalue weighted by molar-refractivity contribution is 0.631. The molecule has 0 fully saturated rings. The predicted octanol–water partition coefficient (Wildman–Crippen LogP) is 1.17. The number of thiophene rings is 1. The molecule has 0 aromatic carbocycles. The zero-order valence-electron chi connectivity index (χ0n) is 4.52. The molecule has 0 radical (unpaired) electrons. The van der Waals surface area contributed by atoms with E-state index in [2.05, 4.69) is 0 Å². The highest BCUT2D eigenvalue weighted by molar-refractivity contribution is 7.12. The Morgan fingerprint density at radius 2 is 2.44 bits per heavy atom. The van der Waals surface area contributed by atoms with E-state index in [1.54, 1.807) is 5.38 Å². The second kappa shape index (κ2) is 2.14. The molecule has 0 bridgehead atoms. The van der Waals surface area contributed by atoms with Gasteiger partial charge in [0.25, 0.3) is 0 Å². The Morgan fingerprint density at radius 3 is 2.67 bits per heavy atom. The molecule has 4 heteroatoms.